The van der Waals surface area contributed by atoms with E-state index >= 15 is 0 Å². The van der Waals surface area contributed by atoms with Gasteiger partial charge in [-0.1, -0.05) is 37.3 Å². The summed E-state index contributed by atoms with van der Waals surface area (Å²) in [5.41, 5.74) is 1.01. The number of fused-ring (bicyclic) bond motifs is 1. The largest absolute Gasteiger partial charge is 0.354 e. The first kappa shape index (κ1) is 26.6. The Kier molecular flexibility index (Phi) is 13.2. The van der Waals surface area contributed by atoms with Gasteiger partial charge in [-0.2, -0.15) is 0 Å². The Hall–Kier alpha value is -2.47. The molecule has 2 aliphatic rings. The van der Waals surface area contributed by atoms with E-state index in [4.69, 9.17) is 11.6 Å². The molecule has 0 bridgehead atoms. The van der Waals surface area contributed by atoms with Gasteiger partial charge in [-0.3, -0.25) is 9.79 Å². The molecule has 2 rings (SSSR count). The molecule has 1 saturated heterocycles. The number of allylic oxidation sites excluding steroid dienone is 7. The fourth-order valence-corrected chi connectivity index (χ4v) is 3.28. The number of piperidine rings is 1. The maximum absolute atomic E-state index is 13.5. The first-order valence-corrected chi connectivity index (χ1v) is 11.2. The van der Waals surface area contributed by atoms with E-state index < -0.39 is 5.83 Å². The summed E-state index contributed by atoms with van der Waals surface area (Å²) in [7, 11) is 0. The summed E-state index contributed by atoms with van der Waals surface area (Å²) >= 11 is 5.51. The topological polar surface area (TPSA) is 57.1 Å². The van der Waals surface area contributed by atoms with Crippen LogP contribution in [0.25, 0.3) is 0 Å². The lowest BCUT2D eigenvalue weighted by molar-refractivity contribution is -0.116. The Morgan fingerprint density at radius 1 is 1.26 bits per heavy atom. The van der Waals surface area contributed by atoms with Crippen LogP contribution in [0.2, 0.25) is 0 Å². The fraction of sp³-hybridized carbons (Fsp3) is 0.458. The van der Waals surface area contributed by atoms with Gasteiger partial charge < -0.3 is 10.2 Å². The minimum atomic E-state index is -0.452. The Morgan fingerprint density at radius 3 is 2.52 bits per heavy atom. The van der Waals surface area contributed by atoms with Crippen molar-refractivity contribution < 1.29 is 9.18 Å². The van der Waals surface area contributed by atoms with Crippen LogP contribution in [-0.2, 0) is 4.79 Å². The van der Waals surface area contributed by atoms with Crippen molar-refractivity contribution in [3.8, 4) is 0 Å². The molecule has 170 valence electrons. The number of carbonyl (C=O) groups is 1. The number of amides is 1. The van der Waals surface area contributed by atoms with Crippen LogP contribution in [0.5, 0.6) is 0 Å². The Labute approximate surface area is 190 Å². The van der Waals surface area contributed by atoms with E-state index in [0.717, 1.165) is 43.1 Å². The second kappa shape index (κ2) is 15.3. The van der Waals surface area contributed by atoms with Gasteiger partial charge in [-0.05, 0) is 56.9 Å². The van der Waals surface area contributed by atoms with Crippen LogP contribution in [0.4, 0.5) is 4.39 Å². The van der Waals surface area contributed by atoms with E-state index in [-0.39, 0.29) is 11.9 Å². The van der Waals surface area contributed by atoms with Gasteiger partial charge in [0.2, 0.25) is 5.91 Å². The van der Waals surface area contributed by atoms with Crippen LogP contribution in [-0.4, -0.2) is 49.0 Å². The van der Waals surface area contributed by atoms with E-state index in [0.29, 0.717) is 12.4 Å². The van der Waals surface area contributed by atoms with Crippen molar-refractivity contribution in [3.63, 3.8) is 0 Å². The number of nitrogens with zero attached hydrogens (tertiary/aromatic N) is 3. The summed E-state index contributed by atoms with van der Waals surface area (Å²) in [4.78, 5) is 20.5. The maximum atomic E-state index is 13.5. The van der Waals surface area contributed by atoms with E-state index in [1.54, 1.807) is 6.08 Å². The molecule has 2 atom stereocenters. The average Bonchev–Trinajstić information content (AvgIpc) is 3.36. The van der Waals surface area contributed by atoms with Crippen molar-refractivity contribution in [1.82, 2.24) is 10.2 Å². The third-order valence-electron chi connectivity index (χ3n) is 4.70. The monoisotopic (exact) mass is 448 g/mol. The van der Waals surface area contributed by atoms with E-state index in [9.17, 15) is 9.18 Å². The van der Waals surface area contributed by atoms with Crippen LogP contribution in [0.3, 0.4) is 0 Å². The highest BCUT2D eigenvalue weighted by molar-refractivity contribution is 6.18. The highest BCUT2D eigenvalue weighted by Crippen LogP contribution is 2.45. The molecule has 1 amide bonds. The third-order valence-corrected chi connectivity index (χ3v) is 4.82. The Bertz CT molecular complexity index is 758. The van der Waals surface area contributed by atoms with Crippen molar-refractivity contribution in [1.29, 1.82) is 0 Å². The van der Waals surface area contributed by atoms with Gasteiger partial charge in [0.1, 0.15) is 6.00 Å². The number of hydrogen-bond acceptors (Lipinski definition) is 3. The molecule has 5 nitrogen and oxygen atoms in total. The second-order valence-corrected chi connectivity index (χ2v) is 7.39. The highest BCUT2D eigenvalue weighted by atomic mass is 35.5. The number of carbonyl (C=O) groups excluding carboxylic acids is 1. The number of rotatable bonds is 9. The van der Waals surface area contributed by atoms with Crippen molar-refractivity contribution in [2.45, 2.75) is 33.6 Å². The van der Waals surface area contributed by atoms with Gasteiger partial charge in [-0.25, -0.2) is 9.38 Å². The predicted octanol–water partition coefficient (Wildman–Crippen LogP) is 5.19. The molecule has 1 N–H and O–H groups in total. The zero-order valence-electron chi connectivity index (χ0n) is 18.7. The molecule has 1 aliphatic carbocycles. The summed E-state index contributed by atoms with van der Waals surface area (Å²) in [6.07, 6.45) is 16.7. The molecular formula is C24H34ClFN4O. The SMILES string of the molecule is C=N/C=C(F)\C(=N/CCl)N1CC2CC2C1.C\C=C/C(/C=C/C(=O)NCC)=C\C=C\CC. The van der Waals surface area contributed by atoms with Crippen molar-refractivity contribution in [3.05, 3.63) is 60.1 Å². The molecule has 31 heavy (non-hydrogen) atoms. The minimum Gasteiger partial charge on any atom is -0.354 e. The van der Waals surface area contributed by atoms with Gasteiger partial charge in [-0.15, -0.1) is 11.6 Å². The summed E-state index contributed by atoms with van der Waals surface area (Å²) in [5.74, 6) is 1.28. The van der Waals surface area contributed by atoms with Gasteiger partial charge in [0, 0.05) is 25.7 Å². The molecule has 0 aromatic rings. The summed E-state index contributed by atoms with van der Waals surface area (Å²) in [6.45, 7) is 11.6. The molecule has 1 heterocycles. The molecule has 2 fully saturated rings. The number of amidine groups is 1. The number of likely N-dealkylation sites (tertiary alicyclic amines) is 1. The molecule has 0 aromatic carbocycles. The van der Waals surface area contributed by atoms with E-state index in [1.807, 2.05) is 49.1 Å². The highest BCUT2D eigenvalue weighted by Gasteiger charge is 2.46. The summed E-state index contributed by atoms with van der Waals surface area (Å²) in [5, 5.41) is 2.72. The number of aliphatic imine (C=N–C) groups is 2. The minimum absolute atomic E-state index is 0.0580. The maximum Gasteiger partial charge on any atom is 0.243 e. The normalized spacial score (nSPS) is 21.5. The lowest BCUT2D eigenvalue weighted by Gasteiger charge is -2.20. The quantitative estimate of drug-likeness (QED) is 0.132. The lowest BCUT2D eigenvalue weighted by atomic mass is 10.2. The number of alkyl halides is 1. The van der Waals surface area contributed by atoms with E-state index in [1.165, 1.54) is 6.42 Å². The lowest BCUT2D eigenvalue weighted by Crippen LogP contribution is -2.31. The smallest absolute Gasteiger partial charge is 0.243 e. The van der Waals surface area contributed by atoms with Gasteiger partial charge >= 0.3 is 0 Å². The molecule has 0 aromatic heterocycles. The molecule has 0 spiro atoms. The van der Waals surface area contributed by atoms with Crippen LogP contribution >= 0.6 is 11.6 Å². The molecule has 7 heteroatoms. The second-order valence-electron chi connectivity index (χ2n) is 7.15. The van der Waals surface area contributed by atoms with Crippen LogP contribution < -0.4 is 5.32 Å². The van der Waals surface area contributed by atoms with Crippen LogP contribution in [0.15, 0.2) is 70.1 Å². The average molecular weight is 449 g/mol. The number of halogens is 2. The first-order valence-electron chi connectivity index (χ1n) is 10.6. The Morgan fingerprint density at radius 2 is 1.97 bits per heavy atom. The van der Waals surface area contributed by atoms with Crippen molar-refractivity contribution in [2.24, 2.45) is 21.8 Å². The number of nitrogens with one attached hydrogen (secondary N) is 1. The van der Waals surface area contributed by atoms with Crippen molar-refractivity contribution >= 4 is 30.1 Å². The van der Waals surface area contributed by atoms with E-state index in [2.05, 4.69) is 35.0 Å². The van der Waals surface area contributed by atoms with Crippen LogP contribution in [0, 0.1) is 11.8 Å². The summed E-state index contributed by atoms with van der Waals surface area (Å²) in [6, 6.07) is 0.0690. The van der Waals surface area contributed by atoms with Gasteiger partial charge in [0.25, 0.3) is 0 Å². The predicted molar refractivity (Wildman–Crippen MR) is 130 cm³/mol. The third kappa shape index (κ3) is 10.4. The van der Waals surface area contributed by atoms with Crippen molar-refractivity contribution in [2.75, 3.05) is 25.6 Å². The Balaban J connectivity index is 0.000000310. The first-order chi connectivity index (χ1) is 15.0. The summed E-state index contributed by atoms with van der Waals surface area (Å²) < 4.78 is 13.5. The molecule has 1 saturated carbocycles. The zero-order chi connectivity index (χ0) is 23.1. The van der Waals surface area contributed by atoms with Gasteiger partial charge in [0.05, 0.1) is 6.20 Å². The fourth-order valence-electron chi connectivity index (χ4n) is 3.17. The molecule has 2 unspecified atom stereocenters. The molecular weight excluding hydrogens is 415 g/mol. The molecule has 0 radical (unpaired) electrons. The standard InChI is InChI=1S/C14H21NO.C10H13ClFN3/c1-4-7-8-10-13(9-5-2)11-12-14(16)15-6-3;1-13-3-9(12)10(14-6-11)15-4-7-2-8(7)5-15/h5,7-12H,4,6H2,1-3H3,(H,15,16);3,7-8H,1-2,4-6H2/b8-7+,9-5-,12-11+,13-10+;9-3+,14-10+. The zero-order valence-corrected chi connectivity index (χ0v) is 19.5. The number of likely N-dealkylation sites (N-methyl/N-ethyl adjacent to an activating group) is 1. The number of hydrogen-bond donors (Lipinski definition) is 1. The van der Waals surface area contributed by atoms with Crippen LogP contribution in [0.1, 0.15) is 33.6 Å². The molecule has 1 aliphatic heterocycles. The van der Waals surface area contributed by atoms with Gasteiger partial charge in [0.15, 0.2) is 11.7 Å².